The van der Waals surface area contributed by atoms with E-state index in [1.165, 1.54) is 12.1 Å². The molecule has 1 aromatic carbocycles. The monoisotopic (exact) mass is 338 g/mol. The predicted molar refractivity (Wildman–Crippen MR) is 85.3 cm³/mol. The Morgan fingerprint density at radius 1 is 1.32 bits per heavy atom. The number of rotatable bonds is 5. The fourth-order valence-electron chi connectivity index (χ4n) is 1.53. The van der Waals surface area contributed by atoms with Crippen molar-refractivity contribution in [3.05, 3.63) is 27.2 Å². The van der Waals surface area contributed by atoms with E-state index in [1.54, 1.807) is 0 Å². The summed E-state index contributed by atoms with van der Waals surface area (Å²) >= 11 is 22.6. The van der Waals surface area contributed by atoms with Gasteiger partial charge in [-0.1, -0.05) is 60.4 Å². The lowest BCUT2D eigenvalue weighted by molar-refractivity contribution is -0.118. The minimum absolute atomic E-state index is 0.163. The molecular weight excluding hydrogens is 327 g/mol. The van der Waals surface area contributed by atoms with Gasteiger partial charge in [0.2, 0.25) is 5.91 Å². The molecule has 0 spiro atoms. The van der Waals surface area contributed by atoms with Crippen LogP contribution in [0.3, 0.4) is 0 Å². The van der Waals surface area contributed by atoms with Crippen molar-refractivity contribution in [3.63, 3.8) is 0 Å². The van der Waals surface area contributed by atoms with Crippen molar-refractivity contribution < 1.29 is 4.79 Å². The van der Waals surface area contributed by atoms with E-state index < -0.39 is 5.92 Å². The molecule has 0 saturated carbocycles. The van der Waals surface area contributed by atoms with Crippen LogP contribution < -0.4 is 11.1 Å². The quantitative estimate of drug-likeness (QED) is 0.621. The van der Waals surface area contributed by atoms with E-state index in [1.807, 2.05) is 6.92 Å². The first-order valence-electron chi connectivity index (χ1n) is 5.61. The first-order valence-corrected chi connectivity index (χ1v) is 7.15. The standard InChI is InChI=1S/C12H13Cl3N2OS/c1-2-3-6(11(16)19)12(18)17-10-5-8(14)7(13)4-9(10)15/h4-6H,2-3H2,1H3,(H2,16,19)(H,17,18). The normalized spacial score (nSPS) is 12.0. The summed E-state index contributed by atoms with van der Waals surface area (Å²) in [6.07, 6.45) is 1.38. The Morgan fingerprint density at radius 3 is 2.42 bits per heavy atom. The maximum atomic E-state index is 12.1. The van der Waals surface area contributed by atoms with Gasteiger partial charge in [0.15, 0.2) is 0 Å². The molecule has 0 saturated heterocycles. The van der Waals surface area contributed by atoms with E-state index in [-0.39, 0.29) is 10.9 Å². The first kappa shape index (κ1) is 16.5. The van der Waals surface area contributed by atoms with Crippen LogP contribution in [0.5, 0.6) is 0 Å². The number of anilines is 1. The zero-order valence-corrected chi connectivity index (χ0v) is 13.3. The van der Waals surface area contributed by atoms with Gasteiger partial charge in [-0.2, -0.15) is 0 Å². The summed E-state index contributed by atoms with van der Waals surface area (Å²) < 4.78 is 0. The molecule has 1 unspecified atom stereocenters. The van der Waals surface area contributed by atoms with E-state index in [0.29, 0.717) is 27.2 Å². The maximum absolute atomic E-state index is 12.1. The van der Waals surface area contributed by atoms with Crippen LogP contribution in [0.4, 0.5) is 5.69 Å². The number of hydrogen-bond donors (Lipinski definition) is 2. The molecule has 0 aliphatic carbocycles. The van der Waals surface area contributed by atoms with Crippen LogP contribution in [0.2, 0.25) is 15.1 Å². The maximum Gasteiger partial charge on any atom is 0.234 e. The van der Waals surface area contributed by atoms with Gasteiger partial charge in [0, 0.05) is 0 Å². The second-order valence-corrected chi connectivity index (χ2v) is 5.67. The van der Waals surface area contributed by atoms with Gasteiger partial charge in [0.05, 0.1) is 31.7 Å². The van der Waals surface area contributed by atoms with Crippen LogP contribution in [0.25, 0.3) is 0 Å². The molecule has 3 nitrogen and oxygen atoms in total. The molecule has 1 rings (SSSR count). The lowest BCUT2D eigenvalue weighted by Crippen LogP contribution is -2.33. The Labute approximate surface area is 132 Å². The number of hydrogen-bond acceptors (Lipinski definition) is 2. The molecule has 3 N–H and O–H groups in total. The van der Waals surface area contributed by atoms with E-state index in [2.05, 4.69) is 5.32 Å². The van der Waals surface area contributed by atoms with E-state index >= 15 is 0 Å². The molecule has 104 valence electrons. The Kier molecular flexibility index (Phi) is 6.33. The minimum Gasteiger partial charge on any atom is -0.393 e. The summed E-state index contributed by atoms with van der Waals surface area (Å²) in [7, 11) is 0. The smallest absolute Gasteiger partial charge is 0.234 e. The second-order valence-electron chi connectivity index (χ2n) is 3.98. The highest BCUT2D eigenvalue weighted by molar-refractivity contribution is 7.80. The number of carbonyl (C=O) groups is 1. The van der Waals surface area contributed by atoms with Gasteiger partial charge in [-0.05, 0) is 18.6 Å². The van der Waals surface area contributed by atoms with E-state index in [9.17, 15) is 4.79 Å². The summed E-state index contributed by atoms with van der Waals surface area (Å²) in [5, 5.41) is 3.60. The zero-order chi connectivity index (χ0) is 14.6. The van der Waals surface area contributed by atoms with Crippen molar-refractivity contribution in [2.45, 2.75) is 19.8 Å². The van der Waals surface area contributed by atoms with Crippen LogP contribution in [-0.4, -0.2) is 10.9 Å². The number of halogens is 3. The number of nitrogens with one attached hydrogen (secondary N) is 1. The Balaban J connectivity index is 2.92. The molecule has 1 aromatic rings. The number of nitrogens with two attached hydrogens (primary N) is 1. The van der Waals surface area contributed by atoms with Gasteiger partial charge < -0.3 is 11.1 Å². The van der Waals surface area contributed by atoms with Crippen LogP contribution in [0.15, 0.2) is 12.1 Å². The lowest BCUT2D eigenvalue weighted by Gasteiger charge is -2.15. The summed E-state index contributed by atoms with van der Waals surface area (Å²) in [4.78, 5) is 12.2. The van der Waals surface area contributed by atoms with Gasteiger partial charge in [0.1, 0.15) is 0 Å². The lowest BCUT2D eigenvalue weighted by atomic mass is 10.0. The minimum atomic E-state index is -0.523. The third-order valence-corrected chi connectivity index (χ3v) is 3.82. The fourth-order valence-corrected chi connectivity index (χ4v) is 2.35. The molecule has 0 aliphatic rings. The van der Waals surface area contributed by atoms with E-state index in [4.69, 9.17) is 52.8 Å². The van der Waals surface area contributed by atoms with Crippen molar-refractivity contribution >= 4 is 63.6 Å². The van der Waals surface area contributed by atoms with Crippen LogP contribution in [-0.2, 0) is 4.79 Å². The van der Waals surface area contributed by atoms with Crippen LogP contribution >= 0.6 is 47.0 Å². The molecule has 0 aromatic heterocycles. The third kappa shape index (κ3) is 4.49. The number of carbonyl (C=O) groups excluding carboxylic acids is 1. The van der Waals surface area contributed by atoms with Crippen molar-refractivity contribution in [1.29, 1.82) is 0 Å². The molecule has 0 fully saturated rings. The number of benzene rings is 1. The molecule has 0 bridgehead atoms. The van der Waals surface area contributed by atoms with Crippen molar-refractivity contribution in [2.24, 2.45) is 11.7 Å². The van der Waals surface area contributed by atoms with Crippen molar-refractivity contribution in [3.8, 4) is 0 Å². The summed E-state index contributed by atoms with van der Waals surface area (Å²) in [6, 6.07) is 2.96. The van der Waals surface area contributed by atoms with Gasteiger partial charge >= 0.3 is 0 Å². The molecule has 1 amide bonds. The third-order valence-electron chi connectivity index (χ3n) is 2.51. The first-order chi connectivity index (χ1) is 8.86. The molecule has 1 atom stereocenters. The summed E-state index contributed by atoms with van der Waals surface area (Å²) in [5.41, 5.74) is 5.95. The molecule has 7 heteroatoms. The zero-order valence-electron chi connectivity index (χ0n) is 10.2. The molecule has 0 radical (unpaired) electrons. The number of amides is 1. The van der Waals surface area contributed by atoms with Crippen molar-refractivity contribution in [2.75, 3.05) is 5.32 Å². The largest absolute Gasteiger partial charge is 0.393 e. The second kappa shape index (κ2) is 7.29. The van der Waals surface area contributed by atoms with Crippen LogP contribution in [0, 0.1) is 5.92 Å². The highest BCUT2D eigenvalue weighted by Gasteiger charge is 2.21. The molecule has 0 aliphatic heterocycles. The topological polar surface area (TPSA) is 55.1 Å². The Morgan fingerprint density at radius 2 is 1.89 bits per heavy atom. The van der Waals surface area contributed by atoms with Gasteiger partial charge in [-0.3, -0.25) is 4.79 Å². The van der Waals surface area contributed by atoms with Gasteiger partial charge in [-0.25, -0.2) is 0 Å². The number of thiocarbonyl (C=S) groups is 1. The Hall–Kier alpha value is -0.550. The summed E-state index contributed by atoms with van der Waals surface area (Å²) in [6.45, 7) is 1.95. The predicted octanol–water partition coefficient (Wildman–Crippen LogP) is 4.29. The Bertz CT molecular complexity index is 508. The molecular formula is C12H13Cl3N2OS. The SMILES string of the molecule is CCCC(C(=O)Nc1cc(Cl)c(Cl)cc1Cl)C(N)=S. The molecule has 19 heavy (non-hydrogen) atoms. The highest BCUT2D eigenvalue weighted by Crippen LogP contribution is 2.32. The van der Waals surface area contributed by atoms with Gasteiger partial charge in [-0.15, -0.1) is 0 Å². The molecule has 0 heterocycles. The summed E-state index contributed by atoms with van der Waals surface area (Å²) in [5.74, 6) is -0.819. The van der Waals surface area contributed by atoms with Gasteiger partial charge in [0.25, 0.3) is 0 Å². The highest BCUT2D eigenvalue weighted by atomic mass is 35.5. The fraction of sp³-hybridized carbons (Fsp3) is 0.333. The van der Waals surface area contributed by atoms with E-state index in [0.717, 1.165) is 6.42 Å². The van der Waals surface area contributed by atoms with Crippen molar-refractivity contribution in [1.82, 2.24) is 0 Å². The average Bonchev–Trinajstić information content (AvgIpc) is 2.32. The van der Waals surface area contributed by atoms with Crippen LogP contribution in [0.1, 0.15) is 19.8 Å². The average molecular weight is 340 g/mol.